The molecule has 0 aliphatic heterocycles. The minimum atomic E-state index is -8.86. The molecule has 25 heteroatoms. The van der Waals surface area contributed by atoms with Crippen molar-refractivity contribution < 1.29 is 114 Å². The summed E-state index contributed by atoms with van der Waals surface area (Å²) in [5.74, 6) is -51.7. The number of aliphatic hydroxyl groups excluding tert-OH is 1. The largest absolute Gasteiger partial charge is 1.00 e. The van der Waals surface area contributed by atoms with Crippen LogP contribution in [0.15, 0.2) is 0 Å². The topological polar surface area (TPSA) is 75.6 Å². The molecule has 42 heavy (non-hydrogen) atoms. The number of hydrogen-bond donors (Lipinski definition) is 2. The van der Waals surface area contributed by atoms with E-state index < -0.39 is 76.6 Å². The average Bonchev–Trinajstić information content (AvgIpc) is 2.76. The molecule has 0 bridgehead atoms. The minimum Gasteiger partial charge on any atom is -1.00 e. The first-order valence-corrected chi connectivity index (χ1v) is 12.0. The van der Waals surface area contributed by atoms with Crippen molar-refractivity contribution in [3.05, 3.63) is 0 Å². The molecule has 0 aliphatic carbocycles. The number of nitrogens with zero attached hydrogens (tertiary/aromatic N) is 1. The van der Waals surface area contributed by atoms with Crippen LogP contribution in [0.2, 0.25) is 0 Å². The molecule has 0 radical (unpaired) electrons. The SMILES string of the molecule is C[N+](C)(CCO)CCOCCCNS(=O)(=O)C(F)(F)C(F)(F)C(F)(F)C(F)(F)C(F)(F)C(F)(F)C(F)(F)C(F)(F)F.[Br-]. The Balaban J connectivity index is 0. The number of hydrogen-bond acceptors (Lipinski definition) is 4. The first-order chi connectivity index (χ1) is 17.8. The Kier molecular flexibility index (Phi) is 13.6. The highest BCUT2D eigenvalue weighted by Gasteiger charge is 2.96. The Morgan fingerprint density at radius 3 is 1.40 bits per heavy atom. The monoisotopic (exact) mass is 752 g/mol. The third-order valence-electron chi connectivity index (χ3n) is 5.33. The zero-order valence-electron chi connectivity index (χ0n) is 20.8. The number of sulfonamides is 1. The van der Waals surface area contributed by atoms with Gasteiger partial charge in [-0.15, -0.1) is 0 Å². The van der Waals surface area contributed by atoms with E-state index in [0.717, 1.165) is 0 Å². The lowest BCUT2D eigenvalue weighted by molar-refractivity contribution is -0.891. The standard InChI is InChI=1S/C17H22F17N2O4S.BrH/c1-36(2,5-7-37)6-9-40-8-3-4-35-41(38,39)17(33,34)15(28,29)13(24,25)11(20,21)10(18,19)12(22,23)14(26,27)16(30,31)32;/h35,37H,3-9H2,1-2H3;1H/q+1;/p-1. The molecule has 0 heterocycles. The van der Waals surface area contributed by atoms with E-state index in [1.54, 1.807) is 14.1 Å². The van der Waals surface area contributed by atoms with E-state index in [1.165, 1.54) is 0 Å². The van der Waals surface area contributed by atoms with Crippen molar-refractivity contribution in [2.24, 2.45) is 0 Å². The maximum absolute atomic E-state index is 13.9. The van der Waals surface area contributed by atoms with Gasteiger partial charge in [-0.1, -0.05) is 0 Å². The van der Waals surface area contributed by atoms with Crippen LogP contribution in [-0.2, 0) is 14.8 Å². The summed E-state index contributed by atoms with van der Waals surface area (Å²) < 4.78 is 254. The van der Waals surface area contributed by atoms with Crippen LogP contribution >= 0.6 is 0 Å². The summed E-state index contributed by atoms with van der Waals surface area (Å²) in [6.45, 7) is -1.85. The Morgan fingerprint density at radius 1 is 0.643 bits per heavy atom. The highest BCUT2D eigenvalue weighted by Crippen LogP contribution is 2.64. The molecule has 0 aliphatic rings. The maximum atomic E-state index is 13.9. The third-order valence-corrected chi connectivity index (χ3v) is 6.85. The number of ether oxygens (including phenoxy) is 1. The number of likely N-dealkylation sites (N-methyl/N-ethyl adjacent to an activating group) is 1. The van der Waals surface area contributed by atoms with Crippen LogP contribution in [0.4, 0.5) is 74.6 Å². The van der Waals surface area contributed by atoms with Gasteiger partial charge < -0.3 is 31.3 Å². The highest BCUT2D eigenvalue weighted by atomic mass is 79.9. The summed E-state index contributed by atoms with van der Waals surface area (Å²) in [4.78, 5) is 0. The van der Waals surface area contributed by atoms with Crippen molar-refractivity contribution >= 4 is 10.0 Å². The van der Waals surface area contributed by atoms with E-state index >= 15 is 0 Å². The summed E-state index contributed by atoms with van der Waals surface area (Å²) >= 11 is 0. The van der Waals surface area contributed by atoms with E-state index in [1.807, 2.05) is 0 Å². The van der Waals surface area contributed by atoms with Gasteiger partial charge in [0.05, 0.1) is 27.3 Å². The smallest absolute Gasteiger partial charge is 0.460 e. The zero-order valence-corrected chi connectivity index (χ0v) is 23.2. The predicted octanol–water partition coefficient (Wildman–Crippen LogP) is 1.35. The highest BCUT2D eigenvalue weighted by molar-refractivity contribution is 7.90. The lowest BCUT2D eigenvalue weighted by Crippen LogP contribution is -3.00. The Hall–Kier alpha value is -0.920. The fourth-order valence-electron chi connectivity index (χ4n) is 2.59. The number of aliphatic hydroxyl groups is 1. The van der Waals surface area contributed by atoms with Gasteiger partial charge in [-0.25, -0.2) is 13.1 Å². The van der Waals surface area contributed by atoms with Crippen LogP contribution in [0.3, 0.4) is 0 Å². The van der Waals surface area contributed by atoms with Gasteiger partial charge in [-0.05, 0) is 6.42 Å². The molecule has 0 saturated carbocycles. The van der Waals surface area contributed by atoms with E-state index in [9.17, 15) is 83.1 Å². The van der Waals surface area contributed by atoms with Crippen molar-refractivity contribution in [1.29, 1.82) is 0 Å². The molecule has 0 atom stereocenters. The van der Waals surface area contributed by atoms with Gasteiger partial charge in [-0.3, -0.25) is 0 Å². The van der Waals surface area contributed by atoms with E-state index in [4.69, 9.17) is 9.84 Å². The van der Waals surface area contributed by atoms with Gasteiger partial charge in [-0.2, -0.15) is 74.6 Å². The molecule has 0 unspecified atom stereocenters. The van der Waals surface area contributed by atoms with Crippen molar-refractivity contribution in [2.45, 2.75) is 53.4 Å². The summed E-state index contributed by atoms with van der Waals surface area (Å²) in [6.07, 6.45) is -8.60. The lowest BCUT2D eigenvalue weighted by atomic mass is 9.91. The van der Waals surface area contributed by atoms with Gasteiger partial charge in [0, 0.05) is 13.2 Å². The lowest BCUT2D eigenvalue weighted by Gasteiger charge is -2.42. The molecule has 0 saturated heterocycles. The zero-order chi connectivity index (χ0) is 33.4. The summed E-state index contributed by atoms with van der Waals surface area (Å²) in [6, 6.07) is 0. The molecular weight excluding hydrogens is 731 g/mol. The summed E-state index contributed by atoms with van der Waals surface area (Å²) in [7, 11) is -4.07. The van der Waals surface area contributed by atoms with Crippen molar-refractivity contribution in [3.63, 3.8) is 0 Å². The molecule has 0 aromatic heterocycles. The minimum absolute atomic E-state index is 0. The number of halogens is 18. The number of alkyl halides is 17. The Morgan fingerprint density at radius 2 is 1.02 bits per heavy atom. The quantitative estimate of drug-likeness (QED) is 0.134. The second-order valence-corrected chi connectivity index (χ2v) is 10.7. The predicted molar refractivity (Wildman–Crippen MR) is 102 cm³/mol. The molecule has 0 aromatic carbocycles. The van der Waals surface area contributed by atoms with Gasteiger partial charge in [0.2, 0.25) is 0 Å². The van der Waals surface area contributed by atoms with Gasteiger partial charge in [0.1, 0.15) is 13.1 Å². The van der Waals surface area contributed by atoms with E-state index in [0.29, 0.717) is 4.72 Å². The molecular formula is C17H22BrF17N2O4S. The first kappa shape index (κ1) is 43.2. The molecule has 0 spiro atoms. The molecule has 6 nitrogen and oxygen atoms in total. The maximum Gasteiger partial charge on any atom is 0.460 e. The van der Waals surface area contributed by atoms with Crippen LogP contribution < -0.4 is 21.7 Å². The van der Waals surface area contributed by atoms with E-state index in [-0.39, 0.29) is 47.8 Å². The molecule has 0 aromatic rings. The Labute approximate surface area is 236 Å². The van der Waals surface area contributed by atoms with Crippen LogP contribution in [0.25, 0.3) is 0 Å². The van der Waals surface area contributed by atoms with E-state index in [2.05, 4.69) is 0 Å². The number of nitrogens with one attached hydrogen (secondary N) is 1. The first-order valence-electron chi connectivity index (χ1n) is 10.5. The van der Waals surface area contributed by atoms with Gasteiger partial charge in [0.25, 0.3) is 10.0 Å². The molecule has 0 rings (SSSR count). The normalized spacial score (nSPS) is 15.5. The fourth-order valence-corrected chi connectivity index (χ4v) is 3.65. The van der Waals surface area contributed by atoms with Gasteiger partial charge >= 0.3 is 47.0 Å². The fraction of sp³-hybridized carbons (Fsp3) is 1.00. The third kappa shape index (κ3) is 7.47. The average molecular weight is 753 g/mol. The number of rotatable bonds is 17. The second-order valence-electron chi connectivity index (χ2n) is 8.93. The van der Waals surface area contributed by atoms with Crippen molar-refractivity contribution in [2.75, 3.05) is 53.6 Å². The Bertz CT molecular complexity index is 991. The molecule has 0 fully saturated rings. The van der Waals surface area contributed by atoms with Crippen molar-refractivity contribution in [1.82, 2.24) is 4.72 Å². The van der Waals surface area contributed by atoms with Crippen LogP contribution in [0.1, 0.15) is 6.42 Å². The van der Waals surface area contributed by atoms with Crippen LogP contribution in [0, 0.1) is 0 Å². The molecule has 2 N–H and O–H groups in total. The number of quaternary nitrogens is 1. The van der Waals surface area contributed by atoms with Gasteiger partial charge in [0.15, 0.2) is 0 Å². The van der Waals surface area contributed by atoms with Crippen LogP contribution in [0.5, 0.6) is 0 Å². The van der Waals surface area contributed by atoms with Crippen LogP contribution in [-0.4, -0.2) is 119 Å². The summed E-state index contributed by atoms with van der Waals surface area (Å²) in [5, 5.41) is 1.25. The summed E-state index contributed by atoms with van der Waals surface area (Å²) in [5.41, 5.74) is 0. The molecule has 0 amide bonds. The second kappa shape index (κ2) is 13.2. The van der Waals surface area contributed by atoms with Crippen molar-refractivity contribution in [3.8, 4) is 0 Å². The molecule has 256 valence electrons.